The highest BCUT2D eigenvalue weighted by Gasteiger charge is 2.70. The molecule has 6 rings (SSSR count). The lowest BCUT2D eigenvalue weighted by atomic mass is 9.92. The smallest absolute Gasteiger partial charge is 0.370 e. The van der Waals surface area contributed by atoms with Crippen molar-refractivity contribution in [1.29, 1.82) is 5.26 Å². The number of amides is 3. The number of nitrogens with one attached hydrogen (secondary N) is 2. The molecule has 2 heterocycles. The monoisotopic (exact) mass is 583 g/mol. The lowest BCUT2D eigenvalue weighted by molar-refractivity contribution is -0.177. The van der Waals surface area contributed by atoms with Gasteiger partial charge in [0.15, 0.2) is 5.54 Å². The average molecular weight is 584 g/mol. The van der Waals surface area contributed by atoms with E-state index in [1.165, 1.54) is 11.8 Å². The van der Waals surface area contributed by atoms with Crippen LogP contribution in [0.15, 0.2) is 30.6 Å². The van der Waals surface area contributed by atoms with Gasteiger partial charge in [0.25, 0.3) is 0 Å². The molecule has 4 aliphatic rings. The number of likely N-dealkylation sites (tertiary alicyclic amines) is 1. The van der Waals surface area contributed by atoms with Crippen LogP contribution in [0.5, 0.6) is 0 Å². The van der Waals surface area contributed by atoms with E-state index in [4.69, 9.17) is 4.74 Å². The molecule has 42 heavy (non-hydrogen) atoms. The Hall–Kier alpha value is -3.72. The molecule has 0 spiro atoms. The first kappa shape index (κ1) is 28.4. The molecule has 2 aromatic rings. The van der Waals surface area contributed by atoms with E-state index >= 15 is 0 Å². The summed E-state index contributed by atoms with van der Waals surface area (Å²) >= 11 is 0. The van der Waals surface area contributed by atoms with Gasteiger partial charge in [0.1, 0.15) is 12.1 Å². The number of hydrogen-bond acceptors (Lipinski definition) is 6. The molecular weight excluding hydrogens is 551 g/mol. The van der Waals surface area contributed by atoms with E-state index in [1.54, 1.807) is 19.3 Å². The van der Waals surface area contributed by atoms with Crippen molar-refractivity contribution >= 4 is 28.5 Å². The maximum Gasteiger partial charge on any atom is 0.471 e. The Morgan fingerprint density at radius 3 is 2.55 bits per heavy atom. The Morgan fingerprint density at radius 2 is 1.90 bits per heavy atom. The van der Waals surface area contributed by atoms with Gasteiger partial charge in [-0.05, 0) is 54.9 Å². The molecule has 1 aromatic heterocycles. The molecule has 3 fully saturated rings. The molecule has 6 atom stereocenters. The third-order valence-electron chi connectivity index (χ3n) is 9.78. The summed E-state index contributed by atoms with van der Waals surface area (Å²) in [5.41, 5.74) is -0.875. The Morgan fingerprint density at radius 1 is 1.19 bits per heavy atom. The molecule has 3 amide bonds. The van der Waals surface area contributed by atoms with Crippen LogP contribution in [0.3, 0.4) is 0 Å². The summed E-state index contributed by atoms with van der Waals surface area (Å²) in [6.45, 7) is 7.32. The van der Waals surface area contributed by atoms with Crippen LogP contribution in [0.4, 0.5) is 13.2 Å². The molecule has 222 valence electrons. The Bertz CT molecular complexity index is 1540. The van der Waals surface area contributed by atoms with E-state index in [0.29, 0.717) is 18.4 Å². The van der Waals surface area contributed by atoms with Gasteiger partial charge in [0.2, 0.25) is 11.8 Å². The summed E-state index contributed by atoms with van der Waals surface area (Å²) < 4.78 is 45.7. The number of aromatic nitrogens is 1. The first-order chi connectivity index (χ1) is 19.6. The molecule has 0 radical (unpaired) electrons. The molecular formula is C30H32F3N5O4. The second-order valence-corrected chi connectivity index (χ2v) is 13.0. The maximum absolute atomic E-state index is 14.1. The average Bonchev–Trinajstić information content (AvgIpc) is 3.61. The van der Waals surface area contributed by atoms with Gasteiger partial charge in [0.05, 0.1) is 17.8 Å². The zero-order valence-electron chi connectivity index (χ0n) is 23.7. The van der Waals surface area contributed by atoms with Crippen LogP contribution in [0.2, 0.25) is 0 Å². The lowest BCUT2D eigenvalue weighted by Crippen LogP contribution is -2.61. The quantitative estimate of drug-likeness (QED) is 0.516. The topological polar surface area (TPSA) is 124 Å². The van der Waals surface area contributed by atoms with Crippen molar-refractivity contribution < 1.29 is 32.3 Å². The zero-order valence-corrected chi connectivity index (χ0v) is 23.7. The molecule has 1 aliphatic heterocycles. The normalized spacial score (nSPS) is 29.3. The van der Waals surface area contributed by atoms with E-state index in [-0.39, 0.29) is 30.2 Å². The van der Waals surface area contributed by atoms with Gasteiger partial charge in [-0.25, -0.2) is 0 Å². The minimum atomic E-state index is -5.21. The maximum atomic E-state index is 14.1. The van der Waals surface area contributed by atoms with Gasteiger partial charge in [0, 0.05) is 36.3 Å². The van der Waals surface area contributed by atoms with Gasteiger partial charge in [-0.15, -0.1) is 0 Å². The highest BCUT2D eigenvalue weighted by Crippen LogP contribution is 2.65. The van der Waals surface area contributed by atoms with Crippen molar-refractivity contribution in [2.24, 2.45) is 17.3 Å². The van der Waals surface area contributed by atoms with Crippen molar-refractivity contribution in [2.45, 2.75) is 82.5 Å². The van der Waals surface area contributed by atoms with Crippen LogP contribution in [0.25, 0.3) is 10.8 Å². The van der Waals surface area contributed by atoms with Crippen molar-refractivity contribution in [3.05, 3.63) is 41.7 Å². The Labute approximate surface area is 240 Å². The van der Waals surface area contributed by atoms with Gasteiger partial charge in [-0.3, -0.25) is 19.4 Å². The molecule has 3 aliphatic carbocycles. The summed E-state index contributed by atoms with van der Waals surface area (Å²) in [6, 6.07) is 5.18. The van der Waals surface area contributed by atoms with Gasteiger partial charge >= 0.3 is 12.1 Å². The molecule has 9 nitrogen and oxygen atoms in total. The number of fused-ring (bicyclic) bond motifs is 1. The van der Waals surface area contributed by atoms with Crippen molar-refractivity contribution in [1.82, 2.24) is 20.5 Å². The van der Waals surface area contributed by atoms with Gasteiger partial charge in [-0.2, -0.15) is 18.4 Å². The molecule has 2 N–H and O–H groups in total. The van der Waals surface area contributed by atoms with Crippen LogP contribution in [-0.2, 0) is 31.1 Å². The number of halogens is 3. The summed E-state index contributed by atoms with van der Waals surface area (Å²) in [5.74, 6) is -3.99. The number of rotatable bonds is 7. The van der Waals surface area contributed by atoms with Crippen molar-refractivity contribution in [3.63, 3.8) is 0 Å². The molecule has 2 saturated carbocycles. The van der Waals surface area contributed by atoms with Crippen LogP contribution in [0, 0.1) is 28.6 Å². The summed E-state index contributed by atoms with van der Waals surface area (Å²) in [5, 5.41) is 16.8. The highest BCUT2D eigenvalue weighted by molar-refractivity contribution is 5.97. The number of nitrogens with zero attached hydrogens (tertiary/aromatic N) is 3. The predicted molar refractivity (Wildman–Crippen MR) is 143 cm³/mol. The minimum Gasteiger partial charge on any atom is -0.370 e. The minimum absolute atomic E-state index is 0.0720. The second kappa shape index (κ2) is 9.14. The predicted octanol–water partition coefficient (Wildman–Crippen LogP) is 3.11. The fourth-order valence-electron chi connectivity index (χ4n) is 7.09. The van der Waals surface area contributed by atoms with E-state index < -0.39 is 53.2 Å². The third kappa shape index (κ3) is 4.40. The molecule has 1 aromatic carbocycles. The van der Waals surface area contributed by atoms with Crippen LogP contribution in [0.1, 0.15) is 51.7 Å². The zero-order chi connectivity index (χ0) is 30.4. The van der Waals surface area contributed by atoms with E-state index in [1.807, 2.05) is 37.4 Å². The standard InChI is InChI=1S/C30H32F3N5O4/c1-15(42-28(4)8-9-28)22(36-26(41)30(31,32)33)25(40)38-13-19-21(27(19,2)3)23(38)24(39)37-29(14-34)10-16-6-5-7-17-11-35-12-18(29)20(16)17/h5-7,11-12,15,19,21-23H,8-10,13H2,1-4H3,(H,36,41)(H,37,39)/t15-,19+,21+,22+,23+,29?/m1/s1. The SMILES string of the molecule is C[C@@H](OC1(C)CC1)[C@H](NC(=O)C(F)(F)F)C(=O)N1C[C@H]2[C@@H]([C@H]1C(=O)NC1(C#N)Cc3cccc4cncc1c34)C2(C)C. The van der Waals surface area contributed by atoms with Crippen LogP contribution in [-0.4, -0.2) is 64.1 Å². The number of carbonyl (C=O) groups excluding carboxylic acids is 3. The van der Waals surface area contributed by atoms with Crippen LogP contribution >= 0.6 is 0 Å². The van der Waals surface area contributed by atoms with Gasteiger partial charge < -0.3 is 20.3 Å². The Kier molecular flexibility index (Phi) is 6.18. The second-order valence-electron chi connectivity index (χ2n) is 13.0. The van der Waals surface area contributed by atoms with Crippen molar-refractivity contribution in [2.75, 3.05) is 6.54 Å². The first-order valence-corrected chi connectivity index (χ1v) is 14.1. The summed E-state index contributed by atoms with van der Waals surface area (Å²) in [4.78, 5) is 45.6. The van der Waals surface area contributed by atoms with E-state index in [9.17, 15) is 32.8 Å². The fraction of sp³-hybridized carbons (Fsp3) is 0.567. The van der Waals surface area contributed by atoms with E-state index in [0.717, 1.165) is 16.3 Å². The van der Waals surface area contributed by atoms with Crippen LogP contribution < -0.4 is 10.6 Å². The number of carbonyl (C=O) groups is 3. The molecule has 0 bridgehead atoms. The number of hydrogen-bond donors (Lipinski definition) is 2. The molecule has 1 saturated heterocycles. The summed E-state index contributed by atoms with van der Waals surface area (Å²) in [6.07, 6.45) is -1.48. The fourth-order valence-corrected chi connectivity index (χ4v) is 7.09. The molecule has 1 unspecified atom stereocenters. The molecule has 12 heteroatoms. The number of pyridine rings is 1. The number of piperidine rings is 1. The summed E-state index contributed by atoms with van der Waals surface area (Å²) in [7, 11) is 0. The lowest BCUT2D eigenvalue weighted by Gasteiger charge is -2.36. The first-order valence-electron chi connectivity index (χ1n) is 14.1. The van der Waals surface area contributed by atoms with Gasteiger partial charge in [-0.1, -0.05) is 32.0 Å². The highest BCUT2D eigenvalue weighted by atomic mass is 19.4. The van der Waals surface area contributed by atoms with E-state index in [2.05, 4.69) is 16.4 Å². The third-order valence-corrected chi connectivity index (χ3v) is 9.78. The number of benzene rings is 1. The van der Waals surface area contributed by atoms with Crippen molar-refractivity contribution in [3.8, 4) is 6.07 Å². The number of nitriles is 1. The Balaban J connectivity index is 1.31. The number of ether oxygens (including phenoxy) is 1. The largest absolute Gasteiger partial charge is 0.471 e. The number of alkyl halides is 3.